The molecule has 1 aromatic rings. The van der Waals surface area contributed by atoms with Gasteiger partial charge in [-0.1, -0.05) is 30.3 Å². The number of hydrogen-bond donors (Lipinski definition) is 1. The van der Waals surface area contributed by atoms with Crippen LogP contribution in [0.25, 0.3) is 0 Å². The van der Waals surface area contributed by atoms with Gasteiger partial charge in [0.2, 0.25) is 5.91 Å². The largest absolute Gasteiger partial charge is 0.468 e. The maximum Gasteiger partial charge on any atom is 0.323 e. The van der Waals surface area contributed by atoms with Crippen molar-refractivity contribution in [1.82, 2.24) is 5.32 Å². The van der Waals surface area contributed by atoms with Gasteiger partial charge in [0.1, 0.15) is 5.92 Å². The lowest BCUT2D eigenvalue weighted by atomic mass is 9.66. The fourth-order valence-corrected chi connectivity index (χ4v) is 3.61. The van der Waals surface area contributed by atoms with Crippen molar-refractivity contribution in [3.8, 4) is 0 Å². The minimum absolute atomic E-state index is 0.0501. The molecular formula is C20H22ClNO7. The van der Waals surface area contributed by atoms with Crippen LogP contribution in [-0.2, 0) is 33.4 Å². The number of rotatable bonds is 7. The molecule has 156 valence electrons. The van der Waals surface area contributed by atoms with Crippen LogP contribution in [0.5, 0.6) is 0 Å². The van der Waals surface area contributed by atoms with Gasteiger partial charge in [-0.2, -0.15) is 0 Å². The molecule has 0 bridgehead atoms. The molecule has 0 heterocycles. The standard InChI is InChI=1S/C20H22ClNO7/c1-28-19(26)14-13(11-7-4-3-5-8-11)16(22-12(23)9-6-10-21)18(25)15(17(14)24)20(27)29-2/h3-5,7-8,13-16H,6,9-10H2,1-2H3,(H,22,23)/t13-,14-,15-,16+/m1/s1. The Hall–Kier alpha value is -2.74. The average molecular weight is 424 g/mol. The number of nitrogens with one attached hydrogen (secondary N) is 1. The van der Waals surface area contributed by atoms with Crippen molar-refractivity contribution < 1.29 is 33.4 Å². The SMILES string of the molecule is COC(=O)[C@@H]1C(=O)[C@H](C(=O)OC)[C@@H](c2ccccc2)[C@H](NC(=O)CCCCl)C1=O. The van der Waals surface area contributed by atoms with Crippen molar-refractivity contribution in [3.05, 3.63) is 35.9 Å². The second-order valence-electron chi connectivity index (χ2n) is 6.54. The fourth-order valence-electron chi connectivity index (χ4n) is 3.48. The topological polar surface area (TPSA) is 116 Å². The third-order valence-electron chi connectivity index (χ3n) is 4.83. The van der Waals surface area contributed by atoms with Gasteiger partial charge in [0.05, 0.1) is 20.3 Å². The molecule has 4 atom stereocenters. The van der Waals surface area contributed by atoms with Crippen molar-refractivity contribution in [1.29, 1.82) is 0 Å². The third kappa shape index (κ3) is 4.82. The molecule has 0 unspecified atom stereocenters. The molecule has 0 radical (unpaired) electrons. The third-order valence-corrected chi connectivity index (χ3v) is 5.10. The van der Waals surface area contributed by atoms with Crippen molar-refractivity contribution in [2.24, 2.45) is 11.8 Å². The molecule has 29 heavy (non-hydrogen) atoms. The molecule has 1 aromatic carbocycles. The first-order valence-corrected chi connectivity index (χ1v) is 9.54. The molecule has 0 spiro atoms. The van der Waals surface area contributed by atoms with Gasteiger partial charge in [-0.3, -0.25) is 24.0 Å². The number of alkyl halides is 1. The van der Waals surface area contributed by atoms with E-state index in [1.54, 1.807) is 30.3 Å². The zero-order valence-corrected chi connectivity index (χ0v) is 16.8. The van der Waals surface area contributed by atoms with E-state index >= 15 is 0 Å². The maximum atomic E-state index is 13.1. The number of halogens is 1. The Kier molecular flexibility index (Phi) is 7.90. The van der Waals surface area contributed by atoms with Gasteiger partial charge in [0, 0.05) is 18.2 Å². The van der Waals surface area contributed by atoms with Crippen LogP contribution in [-0.4, -0.2) is 55.6 Å². The highest BCUT2D eigenvalue weighted by molar-refractivity contribution is 6.25. The van der Waals surface area contributed by atoms with Crippen LogP contribution in [0, 0.1) is 11.8 Å². The Balaban J connectivity index is 2.56. The van der Waals surface area contributed by atoms with Crippen molar-refractivity contribution in [2.45, 2.75) is 24.8 Å². The monoisotopic (exact) mass is 423 g/mol. The van der Waals surface area contributed by atoms with E-state index in [9.17, 15) is 24.0 Å². The summed E-state index contributed by atoms with van der Waals surface area (Å²) in [4.78, 5) is 63.0. The van der Waals surface area contributed by atoms with E-state index in [4.69, 9.17) is 16.3 Å². The molecule has 1 saturated carbocycles. The van der Waals surface area contributed by atoms with E-state index in [0.29, 0.717) is 12.0 Å². The van der Waals surface area contributed by atoms with Gasteiger partial charge in [-0.15, -0.1) is 11.6 Å². The summed E-state index contributed by atoms with van der Waals surface area (Å²) >= 11 is 5.61. The molecule has 1 fully saturated rings. The van der Waals surface area contributed by atoms with Gasteiger partial charge >= 0.3 is 11.9 Å². The summed E-state index contributed by atoms with van der Waals surface area (Å²) in [5, 5.41) is 2.58. The van der Waals surface area contributed by atoms with Crippen LogP contribution in [0.2, 0.25) is 0 Å². The Morgan fingerprint density at radius 1 is 1.00 bits per heavy atom. The molecule has 1 N–H and O–H groups in total. The normalized spacial score (nSPS) is 24.0. The molecule has 2 rings (SSSR count). The van der Waals surface area contributed by atoms with Crippen LogP contribution in [0.4, 0.5) is 0 Å². The predicted octanol–water partition coefficient (Wildman–Crippen LogP) is 1.00. The summed E-state index contributed by atoms with van der Waals surface area (Å²) in [6, 6.07) is 7.07. The number of carbonyl (C=O) groups excluding carboxylic acids is 5. The Morgan fingerprint density at radius 2 is 1.62 bits per heavy atom. The zero-order chi connectivity index (χ0) is 21.6. The highest BCUT2D eigenvalue weighted by Gasteiger charge is 2.56. The summed E-state index contributed by atoms with van der Waals surface area (Å²) in [5.74, 6) is -8.24. The van der Waals surface area contributed by atoms with Gasteiger partial charge in [-0.25, -0.2) is 0 Å². The second kappa shape index (κ2) is 10.2. The van der Waals surface area contributed by atoms with Crippen LogP contribution in [0.15, 0.2) is 30.3 Å². The number of methoxy groups -OCH3 is 2. The van der Waals surface area contributed by atoms with E-state index in [2.05, 4.69) is 10.1 Å². The molecule has 8 nitrogen and oxygen atoms in total. The first-order chi connectivity index (χ1) is 13.9. The number of Topliss-reactive ketones (excluding diaryl/α,β-unsaturated/α-hetero) is 2. The number of ether oxygens (including phenoxy) is 2. The molecule has 0 saturated heterocycles. The van der Waals surface area contributed by atoms with E-state index in [1.165, 1.54) is 0 Å². The molecule has 0 aliphatic heterocycles. The van der Waals surface area contributed by atoms with Crippen LogP contribution < -0.4 is 5.32 Å². The van der Waals surface area contributed by atoms with Crippen LogP contribution >= 0.6 is 11.6 Å². The van der Waals surface area contributed by atoms with E-state index in [1.807, 2.05) is 0 Å². The van der Waals surface area contributed by atoms with Crippen molar-refractivity contribution >= 4 is 41.0 Å². The molecule has 0 aromatic heterocycles. The summed E-state index contributed by atoms with van der Waals surface area (Å²) in [5.41, 5.74) is 0.482. The van der Waals surface area contributed by atoms with Gasteiger partial charge in [0.25, 0.3) is 0 Å². The first-order valence-electron chi connectivity index (χ1n) is 9.00. The molecular weight excluding hydrogens is 402 g/mol. The van der Waals surface area contributed by atoms with Gasteiger partial charge in [-0.05, 0) is 12.0 Å². The Morgan fingerprint density at radius 3 is 2.17 bits per heavy atom. The predicted molar refractivity (Wildman–Crippen MR) is 102 cm³/mol. The van der Waals surface area contributed by atoms with Crippen molar-refractivity contribution in [2.75, 3.05) is 20.1 Å². The molecule has 9 heteroatoms. The minimum Gasteiger partial charge on any atom is -0.468 e. The summed E-state index contributed by atoms with van der Waals surface area (Å²) in [6.07, 6.45) is 0.429. The zero-order valence-electron chi connectivity index (χ0n) is 16.1. The highest BCUT2D eigenvalue weighted by atomic mass is 35.5. The lowest BCUT2D eigenvalue weighted by Crippen LogP contribution is -2.60. The Bertz CT molecular complexity index is 795. The van der Waals surface area contributed by atoms with Crippen LogP contribution in [0.3, 0.4) is 0 Å². The minimum atomic E-state index is -1.82. The molecule has 1 aliphatic carbocycles. The first kappa shape index (κ1) is 22.5. The fraction of sp³-hybridized carbons (Fsp3) is 0.450. The quantitative estimate of drug-likeness (QED) is 0.395. The number of amides is 1. The van der Waals surface area contributed by atoms with E-state index in [0.717, 1.165) is 14.2 Å². The van der Waals surface area contributed by atoms with Crippen molar-refractivity contribution in [3.63, 3.8) is 0 Å². The summed E-state index contributed by atoms with van der Waals surface area (Å²) in [6.45, 7) is 0. The number of benzene rings is 1. The van der Waals surface area contributed by atoms with E-state index < -0.39 is 53.2 Å². The number of esters is 2. The smallest absolute Gasteiger partial charge is 0.323 e. The Labute approximate surface area is 172 Å². The van der Waals surface area contributed by atoms with Gasteiger partial charge in [0.15, 0.2) is 17.5 Å². The second-order valence-corrected chi connectivity index (χ2v) is 6.91. The molecule has 1 amide bonds. The summed E-state index contributed by atoms with van der Waals surface area (Å²) < 4.78 is 9.36. The van der Waals surface area contributed by atoms with Crippen LogP contribution in [0.1, 0.15) is 24.3 Å². The lowest BCUT2D eigenvalue weighted by Gasteiger charge is -2.38. The number of hydrogen-bond acceptors (Lipinski definition) is 7. The maximum absolute atomic E-state index is 13.1. The summed E-state index contributed by atoms with van der Waals surface area (Å²) in [7, 11) is 2.14. The molecule has 1 aliphatic rings. The van der Waals surface area contributed by atoms with E-state index in [-0.39, 0.29) is 12.3 Å². The highest BCUT2D eigenvalue weighted by Crippen LogP contribution is 2.38. The number of carbonyl (C=O) groups is 5. The van der Waals surface area contributed by atoms with Gasteiger partial charge < -0.3 is 14.8 Å². The lowest BCUT2D eigenvalue weighted by molar-refractivity contribution is -0.163. The number of ketones is 2. The average Bonchev–Trinajstić information content (AvgIpc) is 2.73.